The topological polar surface area (TPSA) is 67.3 Å². The summed E-state index contributed by atoms with van der Waals surface area (Å²) in [7, 11) is -3.92. The maximum absolute atomic E-state index is 13.7. The van der Waals surface area contributed by atoms with E-state index in [4.69, 9.17) is 0 Å². The fourth-order valence-corrected chi connectivity index (χ4v) is 5.25. The number of rotatable bonds is 5. The van der Waals surface area contributed by atoms with Crippen LogP contribution in [0.2, 0.25) is 0 Å². The fourth-order valence-electron chi connectivity index (χ4n) is 3.44. The van der Waals surface area contributed by atoms with Crippen LogP contribution in [0.5, 0.6) is 0 Å². The molecule has 0 saturated carbocycles. The Morgan fingerprint density at radius 3 is 2.21 bits per heavy atom. The Kier molecular flexibility index (Phi) is 5.52. The first-order chi connectivity index (χ1) is 13.3. The number of amides is 1. The lowest BCUT2D eigenvalue weighted by Gasteiger charge is -2.21. The van der Waals surface area contributed by atoms with E-state index >= 15 is 0 Å². The van der Waals surface area contributed by atoms with Crippen LogP contribution in [0.1, 0.15) is 35.3 Å². The Morgan fingerprint density at radius 2 is 1.61 bits per heavy atom. The quantitative estimate of drug-likeness (QED) is 0.649. The Hall–Kier alpha value is -2.73. The summed E-state index contributed by atoms with van der Waals surface area (Å²) in [6, 6.07) is 12.2. The number of sulfone groups is 1. The van der Waals surface area contributed by atoms with Crippen LogP contribution in [0.15, 0.2) is 58.5 Å². The van der Waals surface area contributed by atoms with Crippen LogP contribution in [0.25, 0.3) is 10.9 Å². The standard InChI is InChI=1S/C22H24N2O3S/c1-5-24(6-2)22(25)19-14-23-20-10-8-7-9-18(20)21(19)28(26,27)17-12-15(3)11-16(4)13-17/h7-14H,5-6H2,1-4H3. The van der Waals surface area contributed by atoms with E-state index in [1.54, 1.807) is 41.3 Å². The lowest BCUT2D eigenvalue weighted by molar-refractivity contribution is 0.0769. The van der Waals surface area contributed by atoms with E-state index < -0.39 is 9.84 Å². The molecule has 0 atom stereocenters. The van der Waals surface area contributed by atoms with Crippen molar-refractivity contribution in [2.45, 2.75) is 37.5 Å². The van der Waals surface area contributed by atoms with Crippen LogP contribution >= 0.6 is 0 Å². The summed E-state index contributed by atoms with van der Waals surface area (Å²) in [6.07, 6.45) is 1.39. The van der Waals surface area contributed by atoms with Gasteiger partial charge >= 0.3 is 0 Å². The van der Waals surface area contributed by atoms with Gasteiger partial charge in [-0.3, -0.25) is 9.78 Å². The number of benzene rings is 2. The molecule has 28 heavy (non-hydrogen) atoms. The number of aryl methyl sites for hydroxylation is 2. The van der Waals surface area contributed by atoms with Crippen molar-refractivity contribution < 1.29 is 13.2 Å². The summed E-state index contributed by atoms with van der Waals surface area (Å²) in [4.78, 5) is 19.3. The van der Waals surface area contributed by atoms with E-state index in [1.807, 2.05) is 33.8 Å². The molecule has 2 aromatic carbocycles. The molecule has 0 aliphatic carbocycles. The Morgan fingerprint density at radius 1 is 1.00 bits per heavy atom. The Bertz CT molecular complexity index is 1130. The van der Waals surface area contributed by atoms with Crippen molar-refractivity contribution in [3.05, 3.63) is 65.4 Å². The van der Waals surface area contributed by atoms with Crippen molar-refractivity contribution in [3.63, 3.8) is 0 Å². The molecule has 1 heterocycles. The number of hydrogen-bond donors (Lipinski definition) is 0. The predicted octanol–water partition coefficient (Wildman–Crippen LogP) is 4.17. The van der Waals surface area contributed by atoms with Gasteiger partial charge in [-0.1, -0.05) is 24.3 Å². The van der Waals surface area contributed by atoms with Gasteiger partial charge in [0, 0.05) is 24.7 Å². The minimum absolute atomic E-state index is 0.0278. The highest BCUT2D eigenvalue weighted by atomic mass is 32.2. The van der Waals surface area contributed by atoms with Crippen molar-refractivity contribution >= 4 is 26.6 Å². The molecule has 0 aliphatic rings. The number of para-hydroxylation sites is 1. The van der Waals surface area contributed by atoms with Crippen molar-refractivity contribution in [1.29, 1.82) is 0 Å². The van der Waals surface area contributed by atoms with Gasteiger partial charge < -0.3 is 4.90 Å². The number of hydrogen-bond acceptors (Lipinski definition) is 4. The van der Waals surface area contributed by atoms with E-state index in [9.17, 15) is 13.2 Å². The maximum atomic E-state index is 13.7. The smallest absolute Gasteiger partial charge is 0.256 e. The van der Waals surface area contributed by atoms with E-state index in [2.05, 4.69) is 4.98 Å². The van der Waals surface area contributed by atoms with Crippen LogP contribution in [-0.4, -0.2) is 37.3 Å². The third-order valence-electron chi connectivity index (χ3n) is 4.78. The number of aromatic nitrogens is 1. The third kappa shape index (κ3) is 3.52. The predicted molar refractivity (Wildman–Crippen MR) is 110 cm³/mol. The molecular weight excluding hydrogens is 372 g/mol. The summed E-state index contributed by atoms with van der Waals surface area (Å²) >= 11 is 0. The normalized spacial score (nSPS) is 11.6. The van der Waals surface area contributed by atoms with Gasteiger partial charge in [-0.25, -0.2) is 8.42 Å². The SMILES string of the molecule is CCN(CC)C(=O)c1cnc2ccccc2c1S(=O)(=O)c1cc(C)cc(C)c1. The molecule has 0 unspecified atom stereocenters. The van der Waals surface area contributed by atoms with Crippen molar-refractivity contribution in [1.82, 2.24) is 9.88 Å². The number of fused-ring (bicyclic) bond motifs is 1. The van der Waals surface area contributed by atoms with Crippen LogP contribution in [0.3, 0.4) is 0 Å². The van der Waals surface area contributed by atoms with Gasteiger partial charge in [0.25, 0.3) is 5.91 Å². The molecule has 0 aliphatic heterocycles. The summed E-state index contributed by atoms with van der Waals surface area (Å²) in [5.41, 5.74) is 2.37. The molecule has 0 bridgehead atoms. The molecule has 0 saturated heterocycles. The van der Waals surface area contributed by atoms with Gasteiger partial charge in [0.05, 0.1) is 20.9 Å². The first-order valence-electron chi connectivity index (χ1n) is 9.30. The zero-order valence-corrected chi connectivity index (χ0v) is 17.4. The fraction of sp³-hybridized carbons (Fsp3) is 0.273. The van der Waals surface area contributed by atoms with E-state index in [-0.39, 0.29) is 21.3 Å². The highest BCUT2D eigenvalue weighted by Gasteiger charge is 2.29. The van der Waals surface area contributed by atoms with Crippen LogP contribution in [0, 0.1) is 13.8 Å². The van der Waals surface area contributed by atoms with Crippen LogP contribution < -0.4 is 0 Å². The minimum atomic E-state index is -3.92. The molecule has 5 nitrogen and oxygen atoms in total. The zero-order valence-electron chi connectivity index (χ0n) is 16.6. The van der Waals surface area contributed by atoms with E-state index in [0.717, 1.165) is 11.1 Å². The zero-order chi connectivity index (χ0) is 20.5. The molecule has 0 spiro atoms. The average molecular weight is 397 g/mol. The first kappa shape index (κ1) is 20.0. The van der Waals surface area contributed by atoms with Gasteiger partial charge in [0.1, 0.15) is 0 Å². The molecule has 0 fully saturated rings. The third-order valence-corrected chi connectivity index (χ3v) is 6.61. The summed E-state index contributed by atoms with van der Waals surface area (Å²) in [5.74, 6) is -0.328. The monoisotopic (exact) mass is 396 g/mol. The van der Waals surface area contributed by atoms with Gasteiger partial charge in [-0.05, 0) is 57.0 Å². The van der Waals surface area contributed by atoms with Gasteiger partial charge in [-0.15, -0.1) is 0 Å². The molecule has 3 aromatic rings. The second kappa shape index (κ2) is 7.72. The number of carbonyl (C=O) groups is 1. The summed E-state index contributed by atoms with van der Waals surface area (Å²) < 4.78 is 27.4. The van der Waals surface area contributed by atoms with Crippen LogP contribution in [-0.2, 0) is 9.84 Å². The Labute approximate surface area is 165 Å². The first-order valence-corrected chi connectivity index (χ1v) is 10.8. The second-order valence-corrected chi connectivity index (χ2v) is 8.71. The van der Waals surface area contributed by atoms with Gasteiger partial charge in [0.2, 0.25) is 9.84 Å². The van der Waals surface area contributed by atoms with E-state index in [1.165, 1.54) is 6.20 Å². The Balaban J connectivity index is 2.37. The highest BCUT2D eigenvalue weighted by Crippen LogP contribution is 2.32. The second-order valence-electron chi connectivity index (χ2n) is 6.82. The van der Waals surface area contributed by atoms with Crippen molar-refractivity contribution in [2.24, 2.45) is 0 Å². The molecule has 0 radical (unpaired) electrons. The average Bonchev–Trinajstić information content (AvgIpc) is 2.67. The summed E-state index contributed by atoms with van der Waals surface area (Å²) in [6.45, 7) is 8.44. The lowest BCUT2D eigenvalue weighted by atomic mass is 10.1. The van der Waals surface area contributed by atoms with Crippen molar-refractivity contribution in [2.75, 3.05) is 13.1 Å². The minimum Gasteiger partial charge on any atom is -0.339 e. The summed E-state index contributed by atoms with van der Waals surface area (Å²) in [5, 5.41) is 0.458. The molecular formula is C22H24N2O3S. The lowest BCUT2D eigenvalue weighted by Crippen LogP contribution is -2.31. The molecule has 1 amide bonds. The van der Waals surface area contributed by atoms with Crippen molar-refractivity contribution in [3.8, 4) is 0 Å². The molecule has 3 rings (SSSR count). The molecule has 6 heteroatoms. The number of carbonyl (C=O) groups excluding carboxylic acids is 1. The molecule has 146 valence electrons. The highest BCUT2D eigenvalue weighted by molar-refractivity contribution is 7.91. The van der Waals surface area contributed by atoms with Crippen LogP contribution in [0.4, 0.5) is 0 Å². The number of nitrogens with zero attached hydrogens (tertiary/aromatic N) is 2. The molecule has 0 N–H and O–H groups in total. The number of pyridine rings is 1. The van der Waals surface area contributed by atoms with Gasteiger partial charge in [0.15, 0.2) is 0 Å². The maximum Gasteiger partial charge on any atom is 0.256 e. The van der Waals surface area contributed by atoms with Gasteiger partial charge in [-0.2, -0.15) is 0 Å². The van der Waals surface area contributed by atoms with E-state index in [0.29, 0.717) is 24.0 Å². The largest absolute Gasteiger partial charge is 0.339 e. The molecule has 1 aromatic heterocycles.